The molecule has 6 rings (SSSR count). The van der Waals surface area contributed by atoms with Crippen molar-refractivity contribution in [1.82, 2.24) is 9.78 Å². The van der Waals surface area contributed by atoms with E-state index in [0.717, 1.165) is 17.9 Å². The first-order valence-electron chi connectivity index (χ1n) is 9.72. The maximum atomic E-state index is 6.21. The summed E-state index contributed by atoms with van der Waals surface area (Å²) in [4.78, 5) is 0. The summed E-state index contributed by atoms with van der Waals surface area (Å²) in [5.41, 5.74) is 6.29. The van der Waals surface area contributed by atoms with Gasteiger partial charge in [-0.2, -0.15) is 0 Å². The van der Waals surface area contributed by atoms with Crippen LogP contribution < -0.4 is 4.57 Å². The lowest BCUT2D eigenvalue weighted by Gasteiger charge is -2.23. The third-order valence-electron chi connectivity index (χ3n) is 5.85. The van der Waals surface area contributed by atoms with E-state index in [-0.39, 0.29) is 12.1 Å². The van der Waals surface area contributed by atoms with E-state index in [0.29, 0.717) is 6.61 Å². The zero-order chi connectivity index (χ0) is 18.5. The zero-order valence-electron chi connectivity index (χ0n) is 15.4. The van der Waals surface area contributed by atoms with Crippen LogP contribution in [0.5, 0.6) is 0 Å². The van der Waals surface area contributed by atoms with Crippen LogP contribution in [-0.4, -0.2) is 15.9 Å². The van der Waals surface area contributed by atoms with Gasteiger partial charge in [0.05, 0.1) is 0 Å². The molecule has 0 amide bonds. The second-order valence-corrected chi connectivity index (χ2v) is 7.50. The molecule has 3 aromatic carbocycles. The van der Waals surface area contributed by atoms with Crippen LogP contribution in [0.2, 0.25) is 0 Å². The lowest BCUT2D eigenvalue weighted by Crippen LogP contribution is -2.51. The Balaban J connectivity index is 1.46. The van der Waals surface area contributed by atoms with Gasteiger partial charge in [0.15, 0.2) is 0 Å². The summed E-state index contributed by atoms with van der Waals surface area (Å²) < 4.78 is 10.5. The van der Waals surface area contributed by atoms with Crippen molar-refractivity contribution in [2.75, 3.05) is 0 Å². The minimum absolute atomic E-state index is 0.173. The molecule has 0 unspecified atom stereocenters. The molecule has 0 spiro atoms. The second kappa shape index (κ2) is 6.14. The summed E-state index contributed by atoms with van der Waals surface area (Å²) in [6.45, 7) is 0.556. The lowest BCUT2D eigenvalue weighted by molar-refractivity contribution is -0.739. The summed E-state index contributed by atoms with van der Waals surface area (Å²) >= 11 is 0. The number of ether oxygens (including phenoxy) is 1. The molecule has 28 heavy (non-hydrogen) atoms. The topological polar surface area (TPSA) is 30.9 Å². The van der Waals surface area contributed by atoms with Gasteiger partial charge in [0.2, 0.25) is 6.33 Å². The molecule has 1 aliphatic carbocycles. The molecule has 0 fully saturated rings. The van der Waals surface area contributed by atoms with Crippen molar-refractivity contribution in [3.8, 4) is 16.8 Å². The van der Waals surface area contributed by atoms with Crippen molar-refractivity contribution >= 4 is 0 Å². The molecule has 2 aliphatic rings. The van der Waals surface area contributed by atoms with Gasteiger partial charge in [-0.25, -0.2) is 4.57 Å². The molecule has 0 radical (unpaired) electrons. The highest BCUT2D eigenvalue weighted by Gasteiger charge is 2.43. The van der Waals surface area contributed by atoms with E-state index in [1.54, 1.807) is 0 Å². The minimum atomic E-state index is 0.173. The van der Waals surface area contributed by atoms with Crippen LogP contribution in [0.1, 0.15) is 23.0 Å². The van der Waals surface area contributed by atoms with E-state index in [9.17, 15) is 0 Å². The molecule has 2 heterocycles. The van der Waals surface area contributed by atoms with Crippen LogP contribution >= 0.6 is 0 Å². The van der Waals surface area contributed by atoms with Gasteiger partial charge in [-0.1, -0.05) is 65.3 Å². The molecule has 4 aromatic rings. The Bertz CT molecular complexity index is 1150. The average Bonchev–Trinajstić information content (AvgIpc) is 3.35. The predicted octanol–water partition coefficient (Wildman–Crippen LogP) is 3.87. The Hall–Kier alpha value is -3.24. The lowest BCUT2D eigenvalue weighted by atomic mass is 9.99. The fourth-order valence-electron chi connectivity index (χ4n) is 4.48. The largest absolute Gasteiger partial charge is 0.363 e. The summed E-state index contributed by atoms with van der Waals surface area (Å²) in [6.07, 6.45) is 3.25. The van der Waals surface area contributed by atoms with Gasteiger partial charge < -0.3 is 4.74 Å². The van der Waals surface area contributed by atoms with Gasteiger partial charge in [0.25, 0.3) is 0 Å². The maximum Gasteiger partial charge on any atom is 0.304 e. The predicted molar refractivity (Wildman–Crippen MR) is 106 cm³/mol. The van der Waals surface area contributed by atoms with Crippen molar-refractivity contribution in [2.24, 2.45) is 0 Å². The van der Waals surface area contributed by atoms with E-state index >= 15 is 0 Å². The number of para-hydroxylation sites is 1. The summed E-state index contributed by atoms with van der Waals surface area (Å²) in [7, 11) is 0. The molecule has 4 nitrogen and oxygen atoms in total. The monoisotopic (exact) mass is 366 g/mol. The van der Waals surface area contributed by atoms with Crippen molar-refractivity contribution < 1.29 is 9.30 Å². The van der Waals surface area contributed by atoms with E-state index < -0.39 is 0 Å². The number of nitrogens with zero attached hydrogens (tertiary/aromatic N) is 3. The van der Waals surface area contributed by atoms with Crippen LogP contribution in [0.3, 0.4) is 0 Å². The van der Waals surface area contributed by atoms with Crippen molar-refractivity contribution in [2.45, 2.75) is 25.2 Å². The molecule has 136 valence electrons. The molecule has 1 aromatic heterocycles. The molecule has 0 saturated heterocycles. The van der Waals surface area contributed by atoms with E-state index in [2.05, 4.69) is 71.6 Å². The normalized spacial score (nSPS) is 19.7. The van der Waals surface area contributed by atoms with Gasteiger partial charge >= 0.3 is 5.82 Å². The SMILES string of the molecule is c1ccc(-c2ccc3c(c2)[C@@H]2[C@@H](C3)OCc3nn(-c4ccccc4)c[n+]32)cc1. The number of fused-ring (bicyclic) bond motifs is 5. The van der Waals surface area contributed by atoms with Gasteiger partial charge in [-0.3, -0.25) is 0 Å². The third-order valence-corrected chi connectivity index (χ3v) is 5.85. The highest BCUT2D eigenvalue weighted by molar-refractivity contribution is 5.65. The number of rotatable bonds is 2. The molecule has 2 atom stereocenters. The van der Waals surface area contributed by atoms with E-state index in [1.807, 2.05) is 22.9 Å². The van der Waals surface area contributed by atoms with Gasteiger partial charge in [-0.05, 0) is 40.5 Å². The van der Waals surface area contributed by atoms with E-state index in [4.69, 9.17) is 9.84 Å². The number of hydrogen-bond donors (Lipinski definition) is 0. The Kier molecular flexibility index (Phi) is 3.46. The Morgan fingerprint density at radius 3 is 2.50 bits per heavy atom. The molecule has 0 N–H and O–H groups in total. The number of benzene rings is 3. The molecule has 4 heteroatoms. The van der Waals surface area contributed by atoms with Gasteiger partial charge in [0.1, 0.15) is 24.4 Å². The molecule has 0 saturated carbocycles. The number of aromatic nitrogens is 3. The van der Waals surface area contributed by atoms with Crippen LogP contribution in [0.25, 0.3) is 16.8 Å². The molecule has 1 aliphatic heterocycles. The third kappa shape index (κ3) is 2.42. The molecule has 0 bridgehead atoms. The Morgan fingerprint density at radius 2 is 1.68 bits per heavy atom. The fraction of sp³-hybridized carbons (Fsp3) is 0.167. The van der Waals surface area contributed by atoms with E-state index in [1.165, 1.54) is 22.3 Å². The maximum absolute atomic E-state index is 6.21. The summed E-state index contributed by atoms with van der Waals surface area (Å²) in [5, 5.41) is 4.79. The fourth-order valence-corrected chi connectivity index (χ4v) is 4.48. The second-order valence-electron chi connectivity index (χ2n) is 7.50. The quantitative estimate of drug-likeness (QED) is 0.504. The van der Waals surface area contributed by atoms with Gasteiger partial charge in [0, 0.05) is 11.5 Å². The molecular formula is C24H20N3O+. The zero-order valence-corrected chi connectivity index (χ0v) is 15.4. The number of hydrogen-bond acceptors (Lipinski definition) is 2. The highest BCUT2D eigenvalue weighted by atomic mass is 16.5. The van der Waals surface area contributed by atoms with Crippen LogP contribution in [0, 0.1) is 0 Å². The summed E-state index contributed by atoms with van der Waals surface area (Å²) in [5.74, 6) is 0.975. The molecular weight excluding hydrogens is 346 g/mol. The van der Waals surface area contributed by atoms with Gasteiger partial charge in [-0.15, -0.1) is 0 Å². The smallest absolute Gasteiger partial charge is 0.304 e. The van der Waals surface area contributed by atoms with Crippen LogP contribution in [0.15, 0.2) is 85.2 Å². The van der Waals surface area contributed by atoms with Crippen molar-refractivity contribution in [1.29, 1.82) is 0 Å². The average molecular weight is 366 g/mol. The summed E-state index contributed by atoms with van der Waals surface area (Å²) in [6, 6.07) is 27.8. The minimum Gasteiger partial charge on any atom is -0.363 e. The standard InChI is InChI=1S/C24H20N3O/c1-3-7-17(8-4-1)18-11-12-19-14-22-24(21(19)13-18)26-16-27(25-23(26)15-28-22)20-9-5-2-6-10-20/h1-13,16,22,24H,14-15H2/q+1/t22-,24-/m1/s1. The van der Waals surface area contributed by atoms with Crippen LogP contribution in [-0.2, 0) is 17.8 Å². The Morgan fingerprint density at radius 1 is 0.893 bits per heavy atom. The first-order valence-corrected chi connectivity index (χ1v) is 9.72. The first kappa shape index (κ1) is 15.8. The first-order chi connectivity index (χ1) is 13.9. The van der Waals surface area contributed by atoms with Crippen molar-refractivity contribution in [3.05, 3.63) is 102 Å². The highest BCUT2D eigenvalue weighted by Crippen LogP contribution is 2.38. The van der Waals surface area contributed by atoms with Crippen LogP contribution in [0.4, 0.5) is 0 Å². The van der Waals surface area contributed by atoms with Crippen molar-refractivity contribution in [3.63, 3.8) is 0 Å². The Labute approximate surface area is 163 Å².